The van der Waals surface area contributed by atoms with Crippen molar-refractivity contribution >= 4 is 21.8 Å². The minimum Gasteiger partial charge on any atom is -0.494 e. The third-order valence-electron chi connectivity index (χ3n) is 4.52. The Morgan fingerprint density at radius 2 is 1.41 bits per heavy atom. The number of rotatable bonds is 14. The highest BCUT2D eigenvalue weighted by molar-refractivity contribution is 7.89. The first kappa shape index (κ1) is 25.4. The van der Waals surface area contributed by atoms with Gasteiger partial charge < -0.3 is 14.2 Å². The van der Waals surface area contributed by atoms with Crippen LogP contribution in [0.1, 0.15) is 49.4 Å². The number of ketones is 1. The first-order valence-corrected chi connectivity index (χ1v) is 12.0. The van der Waals surface area contributed by atoms with Crippen LogP contribution in [0.5, 0.6) is 11.5 Å². The molecule has 0 saturated heterocycles. The van der Waals surface area contributed by atoms with E-state index in [4.69, 9.17) is 19.3 Å². The molecular weight excluding hydrogens is 434 g/mol. The van der Waals surface area contributed by atoms with Gasteiger partial charge >= 0.3 is 5.97 Å². The van der Waals surface area contributed by atoms with Crippen LogP contribution in [0, 0.1) is 0 Å². The van der Waals surface area contributed by atoms with E-state index in [0.29, 0.717) is 17.9 Å². The van der Waals surface area contributed by atoms with Crippen LogP contribution in [-0.2, 0) is 19.6 Å². The van der Waals surface area contributed by atoms with Gasteiger partial charge in [-0.1, -0.05) is 19.8 Å². The van der Waals surface area contributed by atoms with Gasteiger partial charge in [-0.3, -0.25) is 9.59 Å². The molecule has 0 atom stereocenters. The number of carbonyl (C=O) groups is 2. The van der Waals surface area contributed by atoms with E-state index in [0.717, 1.165) is 25.0 Å². The van der Waals surface area contributed by atoms with E-state index in [2.05, 4.69) is 6.92 Å². The summed E-state index contributed by atoms with van der Waals surface area (Å²) in [6, 6.07) is 12.5. The molecule has 0 fully saturated rings. The van der Waals surface area contributed by atoms with Crippen LogP contribution in [0.25, 0.3) is 0 Å². The van der Waals surface area contributed by atoms with Crippen LogP contribution >= 0.6 is 0 Å². The number of carbonyl (C=O) groups excluding carboxylic acids is 2. The lowest BCUT2D eigenvalue weighted by Gasteiger charge is -2.08. The molecule has 0 aliphatic carbocycles. The van der Waals surface area contributed by atoms with Gasteiger partial charge in [0.1, 0.15) is 24.7 Å². The van der Waals surface area contributed by atoms with E-state index in [1.807, 2.05) is 0 Å². The molecule has 32 heavy (non-hydrogen) atoms. The fraction of sp³-hybridized carbons (Fsp3) is 0.391. The summed E-state index contributed by atoms with van der Waals surface area (Å²) in [4.78, 5) is 24.1. The van der Waals surface area contributed by atoms with Gasteiger partial charge in [0.25, 0.3) is 0 Å². The van der Waals surface area contributed by atoms with E-state index in [9.17, 15) is 18.0 Å². The molecule has 2 rings (SSSR count). The lowest BCUT2D eigenvalue weighted by atomic mass is 10.1. The van der Waals surface area contributed by atoms with Gasteiger partial charge in [-0.2, -0.15) is 0 Å². The molecule has 0 radical (unpaired) electrons. The zero-order valence-corrected chi connectivity index (χ0v) is 18.9. The van der Waals surface area contributed by atoms with Gasteiger partial charge in [0.2, 0.25) is 10.0 Å². The highest BCUT2D eigenvalue weighted by atomic mass is 32.2. The minimum atomic E-state index is -3.76. The predicted octanol–water partition coefficient (Wildman–Crippen LogP) is 3.49. The smallest absolute Gasteiger partial charge is 0.306 e. The number of primary sulfonamides is 1. The van der Waals surface area contributed by atoms with Crippen LogP contribution in [0.3, 0.4) is 0 Å². The average Bonchev–Trinajstić information content (AvgIpc) is 2.78. The Morgan fingerprint density at radius 1 is 0.812 bits per heavy atom. The maximum atomic E-state index is 12.2. The number of hydrogen-bond acceptors (Lipinski definition) is 7. The molecule has 9 heteroatoms. The Kier molecular flexibility index (Phi) is 10.2. The highest BCUT2D eigenvalue weighted by Gasteiger charge is 2.11. The van der Waals surface area contributed by atoms with Crippen molar-refractivity contribution in [2.24, 2.45) is 5.14 Å². The number of benzene rings is 2. The molecule has 0 amide bonds. The summed E-state index contributed by atoms with van der Waals surface area (Å²) in [5.74, 6) is 0.492. The molecule has 0 saturated carbocycles. The summed E-state index contributed by atoms with van der Waals surface area (Å²) in [5.41, 5.74) is 0.519. The van der Waals surface area contributed by atoms with Gasteiger partial charge in [0.15, 0.2) is 5.78 Å². The van der Waals surface area contributed by atoms with Crippen molar-refractivity contribution in [2.45, 2.75) is 43.9 Å². The van der Waals surface area contributed by atoms with E-state index >= 15 is 0 Å². The van der Waals surface area contributed by atoms with Crippen LogP contribution in [0.4, 0.5) is 0 Å². The van der Waals surface area contributed by atoms with Crippen LogP contribution in [0.15, 0.2) is 53.4 Å². The molecule has 2 aromatic carbocycles. The first-order chi connectivity index (χ1) is 15.3. The van der Waals surface area contributed by atoms with Crippen molar-refractivity contribution in [3.63, 3.8) is 0 Å². The van der Waals surface area contributed by atoms with Crippen LogP contribution in [-0.4, -0.2) is 40.0 Å². The first-order valence-electron chi connectivity index (χ1n) is 10.5. The molecule has 0 aromatic heterocycles. The van der Waals surface area contributed by atoms with Gasteiger partial charge in [-0.05, 0) is 55.0 Å². The molecule has 174 valence electrons. The molecule has 8 nitrogen and oxygen atoms in total. The number of nitrogens with two attached hydrogens (primary N) is 1. The lowest BCUT2D eigenvalue weighted by Crippen LogP contribution is -2.14. The average molecular weight is 464 g/mol. The van der Waals surface area contributed by atoms with Crippen molar-refractivity contribution in [3.05, 3.63) is 54.1 Å². The second kappa shape index (κ2) is 12.8. The zero-order valence-electron chi connectivity index (χ0n) is 18.1. The molecule has 2 aromatic rings. The number of unbranched alkanes of at least 4 members (excludes halogenated alkanes) is 2. The molecule has 0 aliphatic rings. The van der Waals surface area contributed by atoms with Crippen LogP contribution in [0.2, 0.25) is 0 Å². The molecule has 0 heterocycles. The van der Waals surface area contributed by atoms with Crippen molar-refractivity contribution in [3.8, 4) is 11.5 Å². The van der Waals surface area contributed by atoms with Crippen LogP contribution < -0.4 is 14.6 Å². The monoisotopic (exact) mass is 463 g/mol. The van der Waals surface area contributed by atoms with Gasteiger partial charge in [-0.25, -0.2) is 13.6 Å². The molecular formula is C23H29NO7S. The van der Waals surface area contributed by atoms with Crippen molar-refractivity contribution in [1.82, 2.24) is 0 Å². The summed E-state index contributed by atoms with van der Waals surface area (Å²) >= 11 is 0. The number of hydrogen-bond donors (Lipinski definition) is 1. The topological polar surface area (TPSA) is 122 Å². The Hall–Kier alpha value is -2.91. The third-order valence-corrected chi connectivity index (χ3v) is 5.45. The SMILES string of the molecule is CCCCCOc1ccc(C(=O)CCC(=O)OCCOc2ccc(S(N)(=O)=O)cc2)cc1. The number of ether oxygens (including phenoxy) is 3. The quantitative estimate of drug-likeness (QED) is 0.258. The van der Waals surface area contributed by atoms with Crippen molar-refractivity contribution in [1.29, 1.82) is 0 Å². The van der Waals surface area contributed by atoms with E-state index in [-0.39, 0.29) is 36.7 Å². The lowest BCUT2D eigenvalue weighted by molar-refractivity contribution is -0.144. The fourth-order valence-corrected chi connectivity index (χ4v) is 3.27. The summed E-state index contributed by atoms with van der Waals surface area (Å²) in [6.07, 6.45) is 3.26. The standard InChI is InChI=1S/C23H29NO7S/c1-2-3-4-15-29-19-7-5-18(6-8-19)22(25)13-14-23(26)31-17-16-30-20-9-11-21(12-10-20)32(24,27)28/h5-12H,2-4,13-17H2,1H3,(H2,24,27,28). The number of Topliss-reactive ketones (excluding diaryl/α,β-unsaturated/α-hetero) is 1. The number of sulfonamides is 1. The van der Waals surface area contributed by atoms with Crippen molar-refractivity contribution in [2.75, 3.05) is 19.8 Å². The summed E-state index contributed by atoms with van der Waals surface area (Å²) in [7, 11) is -3.76. The molecule has 0 unspecified atom stereocenters. The van der Waals surface area contributed by atoms with Crippen molar-refractivity contribution < 1.29 is 32.2 Å². The van der Waals surface area contributed by atoms with Gasteiger partial charge in [-0.15, -0.1) is 0 Å². The van der Waals surface area contributed by atoms with E-state index in [1.54, 1.807) is 24.3 Å². The third kappa shape index (κ3) is 9.07. The largest absolute Gasteiger partial charge is 0.494 e. The Bertz CT molecular complexity index is 970. The maximum Gasteiger partial charge on any atom is 0.306 e. The van der Waals surface area contributed by atoms with E-state index < -0.39 is 16.0 Å². The Balaban J connectivity index is 1.64. The molecule has 0 aliphatic heterocycles. The van der Waals surface area contributed by atoms with E-state index in [1.165, 1.54) is 24.3 Å². The fourth-order valence-electron chi connectivity index (χ4n) is 2.75. The maximum absolute atomic E-state index is 12.2. The minimum absolute atomic E-state index is 0.00797. The second-order valence-corrected chi connectivity index (χ2v) is 8.65. The second-order valence-electron chi connectivity index (χ2n) is 7.09. The zero-order chi connectivity index (χ0) is 23.4. The normalized spacial score (nSPS) is 11.1. The molecule has 2 N–H and O–H groups in total. The Morgan fingerprint density at radius 3 is 2.00 bits per heavy atom. The summed E-state index contributed by atoms with van der Waals surface area (Å²) in [5, 5.41) is 5.03. The highest BCUT2D eigenvalue weighted by Crippen LogP contribution is 2.16. The summed E-state index contributed by atoms with van der Waals surface area (Å²) in [6.45, 7) is 2.88. The Labute approximate surface area is 188 Å². The van der Waals surface area contributed by atoms with Gasteiger partial charge in [0.05, 0.1) is 17.9 Å². The number of esters is 1. The molecule has 0 spiro atoms. The summed E-state index contributed by atoms with van der Waals surface area (Å²) < 4.78 is 38.5. The predicted molar refractivity (Wildman–Crippen MR) is 119 cm³/mol. The van der Waals surface area contributed by atoms with Gasteiger partial charge in [0, 0.05) is 12.0 Å². The molecule has 0 bridgehead atoms.